The van der Waals surface area contributed by atoms with E-state index < -0.39 is 5.91 Å². The maximum Gasteiger partial charge on any atom is 0.248 e. The molecule has 0 saturated carbocycles. The second kappa shape index (κ2) is 7.33. The number of hydrogen-bond donors (Lipinski definition) is 2. The van der Waals surface area contributed by atoms with Crippen LogP contribution in [0.3, 0.4) is 0 Å². The molecule has 2 rings (SSSR count). The van der Waals surface area contributed by atoms with E-state index in [9.17, 15) is 9.59 Å². The Hall–Kier alpha value is -1.98. The monoisotopic (exact) mass is 334 g/mol. The third kappa shape index (κ3) is 4.51. The smallest absolute Gasteiger partial charge is 0.248 e. The van der Waals surface area contributed by atoms with Crippen LogP contribution < -0.4 is 11.1 Å². The highest BCUT2D eigenvalue weighted by Gasteiger charge is 2.15. The lowest BCUT2D eigenvalue weighted by Crippen LogP contribution is -2.22. The van der Waals surface area contributed by atoms with Gasteiger partial charge >= 0.3 is 0 Å². The normalized spacial score (nSPS) is 11.7. The van der Waals surface area contributed by atoms with Crippen molar-refractivity contribution >= 4 is 40.9 Å². The number of anilines is 1. The molecule has 0 spiro atoms. The summed E-state index contributed by atoms with van der Waals surface area (Å²) < 4.78 is 0. The Morgan fingerprint density at radius 2 is 1.86 bits per heavy atom. The first-order chi connectivity index (χ1) is 10.5. The number of nitrogens with two attached hydrogens (primary N) is 1. The maximum atomic E-state index is 12.2. The lowest BCUT2D eigenvalue weighted by molar-refractivity contribution is -0.115. The van der Waals surface area contributed by atoms with Crippen LogP contribution in [0.1, 0.15) is 17.3 Å². The number of benzene rings is 2. The number of hydrogen-bond acceptors (Lipinski definition) is 3. The molecular weight excluding hydrogens is 320 g/mol. The van der Waals surface area contributed by atoms with Crippen LogP contribution in [-0.2, 0) is 4.79 Å². The number of thioether (sulfide) groups is 1. The van der Waals surface area contributed by atoms with Crippen LogP contribution in [0.25, 0.3) is 0 Å². The second-order valence-corrected chi connectivity index (χ2v) is 6.50. The SMILES string of the molecule is CC(Sc1ccc(Cl)cc1)C(=O)Nc1cccc(C(N)=O)c1. The van der Waals surface area contributed by atoms with Crippen LogP contribution >= 0.6 is 23.4 Å². The summed E-state index contributed by atoms with van der Waals surface area (Å²) in [7, 11) is 0. The van der Waals surface area contributed by atoms with E-state index in [2.05, 4.69) is 5.32 Å². The zero-order chi connectivity index (χ0) is 16.1. The molecule has 0 fully saturated rings. The Kier molecular flexibility index (Phi) is 5.46. The number of halogens is 1. The predicted molar refractivity (Wildman–Crippen MR) is 90.4 cm³/mol. The summed E-state index contributed by atoms with van der Waals surface area (Å²) in [5.41, 5.74) is 6.12. The molecule has 3 N–H and O–H groups in total. The van der Waals surface area contributed by atoms with Gasteiger partial charge < -0.3 is 11.1 Å². The van der Waals surface area contributed by atoms with Crippen LogP contribution in [0.5, 0.6) is 0 Å². The Morgan fingerprint density at radius 3 is 2.50 bits per heavy atom. The van der Waals surface area contributed by atoms with Gasteiger partial charge in [0.05, 0.1) is 5.25 Å². The van der Waals surface area contributed by atoms with Gasteiger partial charge in [0.15, 0.2) is 0 Å². The van der Waals surface area contributed by atoms with Gasteiger partial charge in [0.25, 0.3) is 0 Å². The van der Waals surface area contributed by atoms with Crippen molar-refractivity contribution in [2.45, 2.75) is 17.1 Å². The van der Waals surface area contributed by atoms with E-state index in [0.29, 0.717) is 16.3 Å². The van der Waals surface area contributed by atoms with Gasteiger partial charge in [-0.1, -0.05) is 17.7 Å². The van der Waals surface area contributed by atoms with E-state index in [-0.39, 0.29) is 11.2 Å². The van der Waals surface area contributed by atoms with Crippen LogP contribution in [0, 0.1) is 0 Å². The van der Waals surface area contributed by atoms with Gasteiger partial charge in [0.1, 0.15) is 0 Å². The number of carbonyl (C=O) groups is 2. The lowest BCUT2D eigenvalue weighted by Gasteiger charge is -2.12. The van der Waals surface area contributed by atoms with E-state index in [4.69, 9.17) is 17.3 Å². The Labute approximate surface area is 138 Å². The number of amides is 2. The molecule has 0 saturated heterocycles. The fourth-order valence-corrected chi connectivity index (χ4v) is 2.76. The molecule has 0 radical (unpaired) electrons. The Morgan fingerprint density at radius 1 is 1.18 bits per heavy atom. The molecule has 0 heterocycles. The highest BCUT2D eigenvalue weighted by molar-refractivity contribution is 8.00. The number of nitrogens with one attached hydrogen (secondary N) is 1. The predicted octanol–water partition coefficient (Wildman–Crippen LogP) is 3.56. The zero-order valence-corrected chi connectivity index (χ0v) is 13.4. The van der Waals surface area contributed by atoms with Crippen molar-refractivity contribution in [3.05, 3.63) is 59.1 Å². The van der Waals surface area contributed by atoms with Gasteiger partial charge in [-0.05, 0) is 49.4 Å². The van der Waals surface area contributed by atoms with Crippen LogP contribution in [0.15, 0.2) is 53.4 Å². The number of rotatable bonds is 5. The molecule has 0 aliphatic rings. The van der Waals surface area contributed by atoms with Crippen molar-refractivity contribution < 1.29 is 9.59 Å². The van der Waals surface area contributed by atoms with E-state index >= 15 is 0 Å². The van der Waals surface area contributed by atoms with E-state index in [0.717, 1.165) is 4.90 Å². The minimum absolute atomic E-state index is 0.151. The Balaban J connectivity index is 2.00. The average molecular weight is 335 g/mol. The summed E-state index contributed by atoms with van der Waals surface area (Å²) in [5, 5.41) is 3.14. The molecule has 2 aromatic rings. The topological polar surface area (TPSA) is 72.2 Å². The minimum atomic E-state index is -0.528. The van der Waals surface area contributed by atoms with Gasteiger partial charge in [0.2, 0.25) is 11.8 Å². The molecule has 4 nitrogen and oxygen atoms in total. The van der Waals surface area contributed by atoms with Crippen molar-refractivity contribution in [2.24, 2.45) is 5.73 Å². The largest absolute Gasteiger partial charge is 0.366 e. The molecule has 0 bridgehead atoms. The number of carbonyl (C=O) groups excluding carboxylic acids is 2. The fourth-order valence-electron chi connectivity index (χ4n) is 1.76. The molecule has 6 heteroatoms. The van der Waals surface area contributed by atoms with Crippen LogP contribution in [0.2, 0.25) is 5.02 Å². The number of primary amides is 1. The Bertz CT molecular complexity index is 689. The molecule has 1 unspecified atom stereocenters. The summed E-state index contributed by atoms with van der Waals surface area (Å²) in [4.78, 5) is 24.3. The molecule has 0 aliphatic carbocycles. The molecule has 22 heavy (non-hydrogen) atoms. The molecule has 2 aromatic carbocycles. The highest BCUT2D eigenvalue weighted by atomic mass is 35.5. The maximum absolute atomic E-state index is 12.2. The van der Waals surface area contributed by atoms with E-state index in [1.807, 2.05) is 19.1 Å². The first-order valence-electron chi connectivity index (χ1n) is 6.58. The van der Waals surface area contributed by atoms with Gasteiger partial charge in [-0.15, -0.1) is 11.8 Å². The third-order valence-corrected chi connectivity index (χ3v) is 4.27. The van der Waals surface area contributed by atoms with Crippen molar-refractivity contribution in [1.29, 1.82) is 0 Å². The summed E-state index contributed by atoms with van der Waals surface area (Å²) in [6.07, 6.45) is 0. The molecule has 2 amide bonds. The van der Waals surface area contributed by atoms with Crippen molar-refractivity contribution in [1.82, 2.24) is 0 Å². The van der Waals surface area contributed by atoms with Gasteiger partial charge in [-0.3, -0.25) is 9.59 Å². The molecule has 0 aliphatic heterocycles. The fraction of sp³-hybridized carbons (Fsp3) is 0.125. The standard InChI is InChI=1S/C16H15ClN2O2S/c1-10(22-14-7-5-12(17)6-8-14)16(21)19-13-4-2-3-11(9-13)15(18)20/h2-10H,1H3,(H2,18,20)(H,19,21). The first-order valence-corrected chi connectivity index (χ1v) is 7.84. The highest BCUT2D eigenvalue weighted by Crippen LogP contribution is 2.25. The van der Waals surface area contributed by atoms with Gasteiger partial charge in [-0.2, -0.15) is 0 Å². The van der Waals surface area contributed by atoms with Crippen molar-refractivity contribution in [3.63, 3.8) is 0 Å². The molecular formula is C16H15ClN2O2S. The summed E-state index contributed by atoms with van der Waals surface area (Å²) >= 11 is 7.26. The first kappa shape index (κ1) is 16.4. The van der Waals surface area contributed by atoms with Crippen LogP contribution in [0.4, 0.5) is 5.69 Å². The minimum Gasteiger partial charge on any atom is -0.366 e. The summed E-state index contributed by atoms with van der Waals surface area (Å²) in [6.45, 7) is 1.81. The van der Waals surface area contributed by atoms with Gasteiger partial charge in [-0.25, -0.2) is 0 Å². The van der Waals surface area contributed by atoms with Crippen molar-refractivity contribution in [2.75, 3.05) is 5.32 Å². The molecule has 1 atom stereocenters. The van der Waals surface area contributed by atoms with Gasteiger partial charge in [0, 0.05) is 21.2 Å². The summed E-state index contributed by atoms with van der Waals surface area (Å²) in [5.74, 6) is -0.679. The average Bonchev–Trinajstić information content (AvgIpc) is 2.49. The van der Waals surface area contributed by atoms with E-state index in [1.165, 1.54) is 11.8 Å². The third-order valence-electron chi connectivity index (χ3n) is 2.91. The summed E-state index contributed by atoms with van der Waals surface area (Å²) in [6, 6.07) is 13.8. The quantitative estimate of drug-likeness (QED) is 0.821. The zero-order valence-electron chi connectivity index (χ0n) is 11.9. The lowest BCUT2D eigenvalue weighted by atomic mass is 10.2. The molecule has 114 valence electrons. The van der Waals surface area contributed by atoms with Crippen LogP contribution in [-0.4, -0.2) is 17.1 Å². The molecule has 0 aromatic heterocycles. The van der Waals surface area contributed by atoms with E-state index in [1.54, 1.807) is 36.4 Å². The second-order valence-electron chi connectivity index (χ2n) is 4.65. The van der Waals surface area contributed by atoms with Crippen molar-refractivity contribution in [3.8, 4) is 0 Å².